The van der Waals surface area contributed by atoms with Gasteiger partial charge in [0, 0.05) is 6.42 Å². The minimum Gasteiger partial charge on any atom is -0.664 e. The van der Waals surface area contributed by atoms with Crippen LogP contribution in [0.15, 0.2) is 23.0 Å². The third-order valence-electron chi connectivity index (χ3n) is 13.2. The van der Waals surface area contributed by atoms with E-state index < -0.39 is 18.0 Å². The minimum absolute atomic E-state index is 0. The van der Waals surface area contributed by atoms with Crippen molar-refractivity contribution in [3.8, 4) is 0 Å². The quantitative estimate of drug-likeness (QED) is 0.0868. The molecule has 10 heteroatoms. The fourth-order valence-electron chi connectivity index (χ4n) is 9.53. The number of nitrogens with zero attached hydrogens (tertiary/aromatic N) is 4. The van der Waals surface area contributed by atoms with Crippen molar-refractivity contribution in [3.63, 3.8) is 0 Å². The van der Waals surface area contributed by atoms with Crippen molar-refractivity contribution in [2.45, 2.75) is 140 Å². The number of aliphatic hydroxyl groups excluding tert-OH is 1. The second-order valence-electron chi connectivity index (χ2n) is 17.8. The number of rotatable bonds is 16. The molecule has 2 aliphatic heterocycles. The van der Waals surface area contributed by atoms with Crippen LogP contribution in [0.2, 0.25) is 0 Å². The normalized spacial score (nSPS) is 23.2. The van der Waals surface area contributed by atoms with Crippen LogP contribution in [0.1, 0.15) is 162 Å². The van der Waals surface area contributed by atoms with E-state index >= 15 is 0 Å². The second-order valence-corrected chi connectivity index (χ2v) is 17.8. The third-order valence-corrected chi connectivity index (χ3v) is 13.2. The number of aromatic nitrogens is 3. The van der Waals surface area contributed by atoms with Crippen LogP contribution in [0.3, 0.4) is 0 Å². The Morgan fingerprint density at radius 3 is 2.22 bits per heavy atom. The van der Waals surface area contributed by atoms with Crippen LogP contribution < -0.4 is 25.7 Å². The number of methoxy groups -OCH3 is 1. The van der Waals surface area contributed by atoms with Gasteiger partial charge in [-0.05, 0) is 95.1 Å². The maximum Gasteiger partial charge on any atom is 2.00 e. The van der Waals surface area contributed by atoms with Gasteiger partial charge in [0.25, 0.3) is 0 Å². The molecule has 0 spiro atoms. The predicted molar refractivity (Wildman–Crippen MR) is 241 cm³/mol. The molecule has 9 nitrogen and oxygen atoms in total. The van der Waals surface area contributed by atoms with Gasteiger partial charge < -0.3 is 34.8 Å². The van der Waals surface area contributed by atoms with Gasteiger partial charge in [0.05, 0.1) is 13.2 Å². The van der Waals surface area contributed by atoms with E-state index in [1.165, 1.54) is 43.9 Å². The summed E-state index contributed by atoms with van der Waals surface area (Å²) in [6, 6.07) is 0. The topological polar surface area (TPSA) is 129 Å². The van der Waals surface area contributed by atoms with E-state index in [9.17, 15) is 14.7 Å². The summed E-state index contributed by atoms with van der Waals surface area (Å²) in [5, 5.41) is 19.0. The number of fused-ring (bicyclic) bond motifs is 7. The number of hydrogen-bond donors (Lipinski definition) is 1. The standard InChI is InChI=1S/C50H66N4O5.Mg/c1-12-34-30(7)37-24-39-32(9)36(20-21-43(55)59-23-22-29(6)19-15-18-28(5)17-14-16-27(3)4)47(53-39)45-46(50(57)58-11)49(56)44-33(10)40(54-48(44)45)26-42-35(13-2)31(8)38(52-42)25-41(34)51-37;/h22,24-28,32,36,46,49,56H,12-21,23H2,1-11H3;/q-4;+2/b29-22+,38-25-,39-24-,42-26-,47-45-;/t28-,32-,36-,46+,49+;/m0./s1. The van der Waals surface area contributed by atoms with Gasteiger partial charge in [-0.15, -0.1) is 33.5 Å². The molecule has 8 bridgehead atoms. The Labute approximate surface area is 374 Å². The van der Waals surface area contributed by atoms with E-state index in [4.69, 9.17) is 29.7 Å². The Morgan fingerprint density at radius 1 is 0.850 bits per heavy atom. The summed E-state index contributed by atoms with van der Waals surface area (Å²) < 4.78 is 11.1. The van der Waals surface area contributed by atoms with Gasteiger partial charge in [0.1, 0.15) is 12.5 Å². The summed E-state index contributed by atoms with van der Waals surface area (Å²) in [6.45, 7) is 21.8. The monoisotopic (exact) mass is 826 g/mol. The Hall–Kier alpha value is -3.73. The third kappa shape index (κ3) is 9.81. The number of allylic oxidation sites excluding steroid dienone is 3. The van der Waals surface area contributed by atoms with Crippen molar-refractivity contribution in [3.05, 3.63) is 95.2 Å². The van der Waals surface area contributed by atoms with Crippen molar-refractivity contribution in [2.75, 3.05) is 13.7 Å². The molecule has 5 atom stereocenters. The van der Waals surface area contributed by atoms with E-state index in [0.29, 0.717) is 34.6 Å². The first-order valence-electron chi connectivity index (χ1n) is 22.1. The maximum absolute atomic E-state index is 13.6. The largest absolute Gasteiger partial charge is 2.00 e. The summed E-state index contributed by atoms with van der Waals surface area (Å²) >= 11 is 0. The van der Waals surface area contributed by atoms with Crippen LogP contribution >= 0.6 is 0 Å². The van der Waals surface area contributed by atoms with Crippen LogP contribution in [-0.2, 0) is 31.9 Å². The zero-order valence-corrected chi connectivity index (χ0v) is 39.5. The smallest absolute Gasteiger partial charge is 0.664 e. The summed E-state index contributed by atoms with van der Waals surface area (Å²) in [4.78, 5) is 42.4. The molecular weight excluding hydrogens is 761 g/mol. The van der Waals surface area contributed by atoms with Gasteiger partial charge in [-0.1, -0.05) is 124 Å². The summed E-state index contributed by atoms with van der Waals surface area (Å²) in [5.41, 5.74) is 12.2. The van der Waals surface area contributed by atoms with Gasteiger partial charge in [-0.2, -0.15) is 11.4 Å². The van der Waals surface area contributed by atoms with Crippen LogP contribution in [0, 0.1) is 50.4 Å². The molecule has 60 heavy (non-hydrogen) atoms. The average Bonchev–Trinajstić information content (AvgIpc) is 3.94. The minimum atomic E-state index is -1.17. The number of hydrogen-bond acceptors (Lipinski definition) is 5. The Bertz CT molecular complexity index is 2270. The van der Waals surface area contributed by atoms with Gasteiger partial charge >= 0.3 is 35.0 Å². The fourth-order valence-corrected chi connectivity index (χ4v) is 9.53. The first-order chi connectivity index (χ1) is 28.2. The zero-order valence-electron chi connectivity index (χ0n) is 38.1. The van der Waals surface area contributed by atoms with E-state index in [-0.39, 0.29) is 53.9 Å². The van der Waals surface area contributed by atoms with Gasteiger partial charge in [-0.3, -0.25) is 9.59 Å². The number of aliphatic hydroxyl groups is 1. The average molecular weight is 827 g/mol. The molecule has 1 N–H and O–H groups in total. The fraction of sp³-hybridized carbons (Fsp3) is 0.560. The molecule has 0 radical (unpaired) electrons. The molecule has 0 saturated carbocycles. The van der Waals surface area contributed by atoms with Crippen molar-refractivity contribution in [1.29, 1.82) is 0 Å². The molecule has 0 unspecified atom stereocenters. The molecule has 0 amide bonds. The Morgan fingerprint density at radius 2 is 1.53 bits per heavy atom. The molecule has 3 aromatic rings. The Kier molecular flexibility index (Phi) is 16.1. The first-order valence-corrected chi connectivity index (χ1v) is 22.1. The molecular formula is C50H66MgN4O5-2. The van der Waals surface area contributed by atoms with Crippen molar-refractivity contribution < 1.29 is 24.2 Å². The molecule has 1 saturated heterocycles. The molecule has 1 fully saturated rings. The van der Waals surface area contributed by atoms with Crippen molar-refractivity contribution in [2.24, 2.45) is 29.6 Å². The SMILES string of the molecule is CCc1c2[n-]c(c1C)/C=C1\[N-]/C(=C3\c4[n-]c(c(C)c4[C@@H](O)[C@@H]3C(=O)OC)/C=c3\[n-]/c(c(C)c3CC)=C\2)[C@@H](CCC(=O)OC/C=C(\C)CCC[C@@H](C)CCCC(C)C)[C@@H]1C.[Mg+2]. The molecule has 320 valence electrons. The first kappa shape index (κ1) is 47.3. The van der Waals surface area contributed by atoms with Crippen LogP contribution in [0.5, 0.6) is 0 Å². The number of carbonyl (C=O) groups excluding carboxylic acids is 2. The van der Waals surface area contributed by atoms with Crippen molar-refractivity contribution >= 4 is 58.8 Å². The van der Waals surface area contributed by atoms with Crippen molar-refractivity contribution in [1.82, 2.24) is 15.0 Å². The molecule has 6 rings (SSSR count). The second kappa shape index (κ2) is 20.4. The van der Waals surface area contributed by atoms with E-state index in [1.54, 1.807) is 0 Å². The van der Waals surface area contributed by atoms with Gasteiger partial charge in [0.15, 0.2) is 0 Å². The number of carbonyl (C=O) groups is 2. The molecule has 1 aliphatic carbocycles. The molecule has 5 heterocycles. The zero-order chi connectivity index (χ0) is 42.7. The Balaban J connectivity index is 0.00000683. The summed E-state index contributed by atoms with van der Waals surface area (Å²) in [6.07, 6.45) is 16.5. The summed E-state index contributed by atoms with van der Waals surface area (Å²) in [7, 11) is 1.34. The van der Waals surface area contributed by atoms with Gasteiger partial charge in [-0.25, -0.2) is 0 Å². The van der Waals surface area contributed by atoms with E-state index in [1.807, 2.05) is 19.1 Å². The van der Waals surface area contributed by atoms with E-state index in [0.717, 1.165) is 87.6 Å². The van der Waals surface area contributed by atoms with Crippen LogP contribution in [0.25, 0.3) is 29.1 Å². The number of ether oxygens (including phenoxy) is 2. The van der Waals surface area contributed by atoms with Crippen LogP contribution in [0.4, 0.5) is 0 Å². The molecule has 3 aliphatic rings. The maximum atomic E-state index is 13.6. The van der Waals surface area contributed by atoms with Crippen LogP contribution in [-0.4, -0.2) is 53.8 Å². The molecule has 0 aromatic carbocycles. The van der Waals surface area contributed by atoms with E-state index in [2.05, 4.69) is 74.5 Å². The molecule has 3 aromatic heterocycles. The predicted octanol–water partition coefficient (Wildman–Crippen LogP) is 8.33. The summed E-state index contributed by atoms with van der Waals surface area (Å²) in [5.74, 6) is -0.728. The van der Waals surface area contributed by atoms with Gasteiger partial charge in [0.2, 0.25) is 0 Å². The number of esters is 2.